The molecule has 0 aromatic heterocycles. The summed E-state index contributed by atoms with van der Waals surface area (Å²) in [6.45, 7) is -0.180. The lowest BCUT2D eigenvalue weighted by atomic mass is 9.97. The molecular weight excluding hydrogens is 498 g/mol. The lowest BCUT2D eigenvalue weighted by Crippen LogP contribution is -2.37. The molecule has 0 heterocycles. The lowest BCUT2D eigenvalue weighted by molar-refractivity contribution is 0.132. The maximum absolute atomic E-state index is 10.9. The Kier molecular flexibility index (Phi) is 7.71. The summed E-state index contributed by atoms with van der Waals surface area (Å²) in [5.74, 6) is 0. The minimum atomic E-state index is -3.54. The molecule has 0 unspecified atom stereocenters. The van der Waals surface area contributed by atoms with E-state index in [-0.39, 0.29) is 13.2 Å². The van der Waals surface area contributed by atoms with E-state index < -0.39 is 25.7 Å². The van der Waals surface area contributed by atoms with E-state index in [1.807, 2.05) is 0 Å². The monoisotopic (exact) mass is 512 g/mol. The van der Waals surface area contributed by atoms with Crippen LogP contribution in [0.15, 0.2) is 0 Å². The largest absolute Gasteiger partial charge is 0.270 e. The van der Waals surface area contributed by atoms with Gasteiger partial charge in [0.2, 0.25) is 0 Å². The van der Waals surface area contributed by atoms with Gasteiger partial charge in [-0.3, -0.25) is 8.37 Å². The molecule has 0 N–H and O–H groups in total. The van der Waals surface area contributed by atoms with Gasteiger partial charge in [0.05, 0.1) is 25.7 Å². The second-order valence-electron chi connectivity index (χ2n) is 3.70. The second-order valence-corrected chi connectivity index (χ2v) is 8.51. The smallest absolute Gasteiger partial charge is 0.264 e. The standard InChI is InChI=1S/C7H14I2O6S2/c1-16(10,11)14-5-7(3-8,4-9)6-15-17(2,12)13/h3-6H2,1-2H3. The summed E-state index contributed by atoms with van der Waals surface area (Å²) in [6.07, 6.45) is 1.91. The molecule has 17 heavy (non-hydrogen) atoms. The molecule has 0 spiro atoms. The Morgan fingerprint density at radius 1 is 0.882 bits per heavy atom. The molecular formula is C7H14I2O6S2. The third-order valence-corrected chi connectivity index (χ3v) is 6.05. The Labute approximate surface area is 129 Å². The molecule has 0 bridgehead atoms. The van der Waals surface area contributed by atoms with Crippen LogP contribution >= 0.6 is 45.2 Å². The molecule has 0 saturated carbocycles. The Balaban J connectivity index is 4.67. The predicted molar refractivity (Wildman–Crippen MR) is 81.8 cm³/mol. The van der Waals surface area contributed by atoms with Crippen molar-refractivity contribution in [1.82, 2.24) is 0 Å². The van der Waals surface area contributed by atoms with Gasteiger partial charge >= 0.3 is 0 Å². The predicted octanol–water partition coefficient (Wildman–Crippen LogP) is 0.795. The van der Waals surface area contributed by atoms with Gasteiger partial charge in [-0.15, -0.1) is 0 Å². The summed E-state index contributed by atoms with van der Waals surface area (Å²) in [6, 6.07) is 0. The minimum absolute atomic E-state index is 0.0900. The topological polar surface area (TPSA) is 86.7 Å². The number of hydrogen-bond acceptors (Lipinski definition) is 6. The highest BCUT2D eigenvalue weighted by Gasteiger charge is 2.32. The first-order chi connectivity index (χ1) is 7.54. The van der Waals surface area contributed by atoms with Crippen LogP contribution in [0.3, 0.4) is 0 Å². The van der Waals surface area contributed by atoms with E-state index in [2.05, 4.69) is 45.2 Å². The first-order valence-electron chi connectivity index (χ1n) is 4.34. The highest BCUT2D eigenvalue weighted by Crippen LogP contribution is 2.26. The fourth-order valence-corrected chi connectivity index (χ4v) is 4.08. The van der Waals surface area contributed by atoms with Gasteiger partial charge in [-0.25, -0.2) is 0 Å². The second kappa shape index (κ2) is 7.17. The van der Waals surface area contributed by atoms with Crippen LogP contribution < -0.4 is 0 Å². The van der Waals surface area contributed by atoms with Gasteiger partial charge in [0.15, 0.2) is 0 Å². The van der Waals surface area contributed by atoms with Crippen molar-refractivity contribution in [3.8, 4) is 0 Å². The van der Waals surface area contributed by atoms with E-state index in [1.54, 1.807) is 0 Å². The molecule has 10 heteroatoms. The zero-order chi connectivity index (χ0) is 13.7. The van der Waals surface area contributed by atoms with Gasteiger partial charge in [-0.2, -0.15) is 16.8 Å². The van der Waals surface area contributed by atoms with Gasteiger partial charge < -0.3 is 0 Å². The van der Waals surface area contributed by atoms with E-state index in [4.69, 9.17) is 8.37 Å². The van der Waals surface area contributed by atoms with Crippen LogP contribution in [0, 0.1) is 5.41 Å². The van der Waals surface area contributed by atoms with Gasteiger partial charge in [0.1, 0.15) is 0 Å². The van der Waals surface area contributed by atoms with Crippen LogP contribution in [-0.2, 0) is 28.6 Å². The van der Waals surface area contributed by atoms with Gasteiger partial charge in [-0.05, 0) is 0 Å². The molecule has 0 aromatic rings. The van der Waals surface area contributed by atoms with Crippen molar-refractivity contribution >= 4 is 65.4 Å². The van der Waals surface area contributed by atoms with E-state index in [1.165, 1.54) is 0 Å². The molecule has 0 aliphatic rings. The van der Waals surface area contributed by atoms with Gasteiger partial charge in [0.25, 0.3) is 20.2 Å². The fraction of sp³-hybridized carbons (Fsp3) is 1.00. The molecule has 0 fully saturated rings. The Morgan fingerprint density at radius 3 is 1.35 bits per heavy atom. The summed E-state index contributed by atoms with van der Waals surface area (Å²) in [4.78, 5) is 0. The zero-order valence-electron chi connectivity index (χ0n) is 9.35. The molecule has 0 amide bonds. The number of halogens is 2. The molecule has 0 saturated heterocycles. The van der Waals surface area contributed by atoms with Crippen LogP contribution in [0.5, 0.6) is 0 Å². The van der Waals surface area contributed by atoms with Gasteiger partial charge in [-0.1, -0.05) is 45.2 Å². The molecule has 104 valence electrons. The first-order valence-corrected chi connectivity index (χ1v) is 11.0. The van der Waals surface area contributed by atoms with Crippen molar-refractivity contribution in [1.29, 1.82) is 0 Å². The molecule has 0 rings (SSSR count). The normalized spacial score (nSPS) is 13.9. The van der Waals surface area contributed by atoms with Crippen LogP contribution in [0.2, 0.25) is 0 Å². The molecule has 0 aliphatic heterocycles. The Bertz CT molecular complexity index is 387. The summed E-state index contributed by atoms with van der Waals surface area (Å²) in [7, 11) is -7.09. The van der Waals surface area contributed by atoms with Crippen LogP contribution in [0.4, 0.5) is 0 Å². The number of rotatable bonds is 8. The lowest BCUT2D eigenvalue weighted by Gasteiger charge is -2.28. The zero-order valence-corrected chi connectivity index (χ0v) is 15.3. The average molecular weight is 512 g/mol. The van der Waals surface area contributed by atoms with E-state index in [9.17, 15) is 16.8 Å². The van der Waals surface area contributed by atoms with Crippen LogP contribution in [0.25, 0.3) is 0 Å². The summed E-state index contributed by atoms with van der Waals surface area (Å²) >= 11 is 4.10. The van der Waals surface area contributed by atoms with Crippen molar-refractivity contribution in [2.24, 2.45) is 5.41 Å². The molecule has 0 radical (unpaired) electrons. The number of hydrogen-bond donors (Lipinski definition) is 0. The molecule has 0 aliphatic carbocycles. The van der Waals surface area contributed by atoms with Crippen LogP contribution in [0.1, 0.15) is 0 Å². The van der Waals surface area contributed by atoms with E-state index in [0.717, 1.165) is 12.5 Å². The maximum Gasteiger partial charge on any atom is 0.264 e. The summed E-state index contributed by atoms with van der Waals surface area (Å²) in [5.41, 5.74) is -0.632. The highest BCUT2D eigenvalue weighted by atomic mass is 127. The highest BCUT2D eigenvalue weighted by molar-refractivity contribution is 14.1. The first kappa shape index (κ1) is 18.3. The van der Waals surface area contributed by atoms with E-state index in [0.29, 0.717) is 8.86 Å². The van der Waals surface area contributed by atoms with Crippen molar-refractivity contribution in [3.63, 3.8) is 0 Å². The summed E-state index contributed by atoms with van der Waals surface area (Å²) < 4.78 is 54.2. The van der Waals surface area contributed by atoms with Crippen LogP contribution in [-0.4, -0.2) is 51.4 Å². The summed E-state index contributed by atoms with van der Waals surface area (Å²) in [5, 5.41) is 0. The molecule has 0 atom stereocenters. The molecule has 6 nitrogen and oxygen atoms in total. The Hall–Kier alpha value is 1.28. The van der Waals surface area contributed by atoms with Gasteiger partial charge in [0, 0.05) is 14.3 Å². The number of alkyl halides is 2. The van der Waals surface area contributed by atoms with Crippen molar-refractivity contribution < 1.29 is 25.2 Å². The third-order valence-electron chi connectivity index (χ3n) is 1.73. The quantitative estimate of drug-likeness (QED) is 0.272. The SMILES string of the molecule is CS(=O)(=O)OCC(CI)(CI)COS(C)(=O)=O. The van der Waals surface area contributed by atoms with Crippen molar-refractivity contribution in [3.05, 3.63) is 0 Å². The third kappa shape index (κ3) is 8.91. The maximum atomic E-state index is 10.9. The molecule has 0 aromatic carbocycles. The van der Waals surface area contributed by atoms with E-state index >= 15 is 0 Å². The van der Waals surface area contributed by atoms with Crippen molar-refractivity contribution in [2.45, 2.75) is 0 Å². The Morgan fingerprint density at radius 2 is 1.18 bits per heavy atom. The average Bonchev–Trinajstić information content (AvgIpc) is 2.16. The minimum Gasteiger partial charge on any atom is -0.270 e. The van der Waals surface area contributed by atoms with Crippen molar-refractivity contribution in [2.75, 3.05) is 34.6 Å². The fourth-order valence-electron chi connectivity index (χ4n) is 0.696.